The summed E-state index contributed by atoms with van der Waals surface area (Å²) in [5.74, 6) is -0.193. The zero-order valence-electron chi connectivity index (χ0n) is 11.9. The van der Waals surface area contributed by atoms with Crippen LogP contribution in [0.3, 0.4) is 0 Å². The number of hydrogen-bond donors (Lipinski definition) is 1. The van der Waals surface area contributed by atoms with Gasteiger partial charge in [0.05, 0.1) is 10.2 Å². The first-order valence-corrected chi connectivity index (χ1v) is 8.37. The van der Waals surface area contributed by atoms with E-state index in [0.717, 1.165) is 25.8 Å². The molecule has 0 fully saturated rings. The fourth-order valence-electron chi connectivity index (χ4n) is 2.09. The molecule has 0 unspecified atom stereocenters. The molecule has 21 heavy (non-hydrogen) atoms. The summed E-state index contributed by atoms with van der Waals surface area (Å²) in [6.45, 7) is 1.87. The van der Waals surface area contributed by atoms with Gasteiger partial charge in [0.15, 0.2) is 10.0 Å². The van der Waals surface area contributed by atoms with Crippen molar-refractivity contribution in [1.82, 2.24) is 14.8 Å². The van der Waals surface area contributed by atoms with E-state index in [0.29, 0.717) is 5.69 Å². The van der Waals surface area contributed by atoms with Crippen LogP contribution in [0, 0.1) is 6.92 Å². The molecule has 3 aromatic rings. The fraction of sp³-hybridized carbons (Fsp3) is 0.214. The first-order chi connectivity index (χ1) is 10.1. The van der Waals surface area contributed by atoms with Crippen molar-refractivity contribution >= 4 is 44.9 Å². The first-order valence-electron chi connectivity index (χ1n) is 6.33. The van der Waals surface area contributed by atoms with E-state index < -0.39 is 0 Å². The molecule has 0 aliphatic rings. The number of thiazole rings is 1. The van der Waals surface area contributed by atoms with Crippen LogP contribution in [0.1, 0.15) is 16.1 Å². The molecule has 0 saturated heterocycles. The second-order valence-corrected chi connectivity index (χ2v) is 6.74. The number of benzene rings is 1. The molecule has 0 spiro atoms. The molecule has 3 rings (SSSR count). The maximum absolute atomic E-state index is 12.2. The van der Waals surface area contributed by atoms with Gasteiger partial charge in [0.25, 0.3) is 5.91 Å². The van der Waals surface area contributed by atoms with Crippen LogP contribution >= 0.6 is 23.1 Å². The zero-order chi connectivity index (χ0) is 15.0. The molecule has 0 atom stereocenters. The molecule has 2 heterocycles. The number of thioether (sulfide) groups is 1. The van der Waals surface area contributed by atoms with Crippen LogP contribution in [-0.2, 0) is 7.05 Å². The summed E-state index contributed by atoms with van der Waals surface area (Å²) in [7, 11) is 1.80. The van der Waals surface area contributed by atoms with Crippen LogP contribution < -0.4 is 5.32 Å². The number of aromatic nitrogens is 3. The van der Waals surface area contributed by atoms with E-state index in [9.17, 15) is 4.79 Å². The van der Waals surface area contributed by atoms with E-state index in [4.69, 9.17) is 0 Å². The largest absolute Gasteiger partial charge is 0.321 e. The van der Waals surface area contributed by atoms with Crippen LogP contribution in [0.15, 0.2) is 28.7 Å². The Balaban J connectivity index is 1.87. The third-order valence-corrected chi connectivity index (χ3v) is 5.03. The van der Waals surface area contributed by atoms with Gasteiger partial charge in [0, 0.05) is 24.5 Å². The van der Waals surface area contributed by atoms with Crippen LogP contribution in [0.2, 0.25) is 0 Å². The molecule has 1 aromatic carbocycles. The van der Waals surface area contributed by atoms with Crippen LogP contribution in [0.25, 0.3) is 10.2 Å². The Morgan fingerprint density at radius 2 is 2.24 bits per heavy atom. The number of anilines is 1. The average molecular weight is 318 g/mol. The number of nitrogens with zero attached hydrogens (tertiary/aromatic N) is 3. The van der Waals surface area contributed by atoms with Crippen LogP contribution in [-0.4, -0.2) is 26.9 Å². The normalized spacial score (nSPS) is 11.0. The fourth-order valence-corrected chi connectivity index (χ4v) is 3.62. The Bertz CT molecular complexity index is 822. The van der Waals surface area contributed by atoms with Gasteiger partial charge in [0.1, 0.15) is 0 Å². The van der Waals surface area contributed by atoms with Gasteiger partial charge in [-0.3, -0.25) is 9.48 Å². The standard InChI is InChI=1S/C14H14N4OS2/c1-8-7-18(2)17-12(8)13(19)15-9-4-5-10-11(6-9)21-14(16-10)20-3/h4-7H,1-3H3,(H,15,19). The number of nitrogens with one attached hydrogen (secondary N) is 1. The minimum atomic E-state index is -0.193. The van der Waals surface area contributed by atoms with E-state index in [1.807, 2.05) is 37.6 Å². The lowest BCUT2D eigenvalue weighted by atomic mass is 10.2. The van der Waals surface area contributed by atoms with Crippen molar-refractivity contribution in [3.63, 3.8) is 0 Å². The average Bonchev–Trinajstić information content (AvgIpc) is 3.00. The van der Waals surface area contributed by atoms with E-state index in [2.05, 4.69) is 15.4 Å². The lowest BCUT2D eigenvalue weighted by molar-refractivity contribution is 0.102. The molecule has 1 N–H and O–H groups in total. The quantitative estimate of drug-likeness (QED) is 0.753. The molecular weight excluding hydrogens is 304 g/mol. The van der Waals surface area contributed by atoms with Crippen molar-refractivity contribution in [1.29, 1.82) is 0 Å². The van der Waals surface area contributed by atoms with Gasteiger partial charge in [-0.15, -0.1) is 11.3 Å². The van der Waals surface area contributed by atoms with Crippen molar-refractivity contribution in [3.8, 4) is 0 Å². The molecule has 0 bridgehead atoms. The molecule has 0 radical (unpaired) electrons. The van der Waals surface area contributed by atoms with E-state index in [1.54, 1.807) is 34.8 Å². The first kappa shape index (κ1) is 14.1. The van der Waals surface area contributed by atoms with Crippen LogP contribution in [0.5, 0.6) is 0 Å². The summed E-state index contributed by atoms with van der Waals surface area (Å²) >= 11 is 3.25. The Labute approximate surface area is 130 Å². The molecule has 5 nitrogen and oxygen atoms in total. The molecular formula is C14H14N4OS2. The molecule has 2 aromatic heterocycles. The molecule has 1 amide bonds. The van der Waals surface area contributed by atoms with Gasteiger partial charge >= 0.3 is 0 Å². The number of aryl methyl sites for hydroxylation is 2. The van der Waals surface area contributed by atoms with E-state index in [1.165, 1.54) is 0 Å². The second-order valence-electron chi connectivity index (χ2n) is 4.65. The van der Waals surface area contributed by atoms with Crippen molar-refractivity contribution in [2.75, 3.05) is 11.6 Å². The van der Waals surface area contributed by atoms with Gasteiger partial charge < -0.3 is 5.32 Å². The maximum atomic E-state index is 12.2. The topological polar surface area (TPSA) is 59.8 Å². The van der Waals surface area contributed by atoms with Crippen molar-refractivity contribution in [3.05, 3.63) is 35.7 Å². The lowest BCUT2D eigenvalue weighted by Gasteiger charge is -2.03. The maximum Gasteiger partial charge on any atom is 0.276 e. The highest BCUT2D eigenvalue weighted by molar-refractivity contribution is 8.00. The summed E-state index contributed by atoms with van der Waals surface area (Å²) in [6.07, 6.45) is 3.83. The number of carbonyl (C=O) groups is 1. The number of amides is 1. The summed E-state index contributed by atoms with van der Waals surface area (Å²) in [5.41, 5.74) is 3.02. The van der Waals surface area contributed by atoms with E-state index in [-0.39, 0.29) is 5.91 Å². The second kappa shape index (κ2) is 5.50. The highest BCUT2D eigenvalue weighted by Crippen LogP contribution is 2.30. The SMILES string of the molecule is CSc1nc2ccc(NC(=O)c3nn(C)cc3C)cc2s1. The Kier molecular flexibility index (Phi) is 3.69. The number of hydrogen-bond acceptors (Lipinski definition) is 5. The molecule has 0 saturated carbocycles. The van der Waals surface area contributed by atoms with Gasteiger partial charge in [-0.1, -0.05) is 11.8 Å². The minimum Gasteiger partial charge on any atom is -0.321 e. The summed E-state index contributed by atoms with van der Waals surface area (Å²) in [6, 6.07) is 5.73. The number of rotatable bonds is 3. The molecule has 0 aliphatic carbocycles. The van der Waals surface area contributed by atoms with Gasteiger partial charge in [0.2, 0.25) is 0 Å². The van der Waals surface area contributed by atoms with Crippen molar-refractivity contribution in [2.45, 2.75) is 11.3 Å². The number of fused-ring (bicyclic) bond motifs is 1. The molecule has 7 heteroatoms. The summed E-state index contributed by atoms with van der Waals surface area (Å²) < 4.78 is 3.73. The minimum absolute atomic E-state index is 0.193. The van der Waals surface area contributed by atoms with Gasteiger partial charge in [-0.05, 0) is 31.4 Å². The van der Waals surface area contributed by atoms with E-state index >= 15 is 0 Å². The Hall–Kier alpha value is -1.86. The van der Waals surface area contributed by atoms with Crippen molar-refractivity contribution < 1.29 is 4.79 Å². The lowest BCUT2D eigenvalue weighted by Crippen LogP contribution is -2.14. The summed E-state index contributed by atoms with van der Waals surface area (Å²) in [4.78, 5) is 16.7. The Morgan fingerprint density at radius 1 is 1.43 bits per heavy atom. The third kappa shape index (κ3) is 2.79. The highest BCUT2D eigenvalue weighted by atomic mass is 32.2. The summed E-state index contributed by atoms with van der Waals surface area (Å²) in [5, 5.41) is 7.07. The van der Waals surface area contributed by atoms with Gasteiger partial charge in [-0.25, -0.2) is 4.98 Å². The monoisotopic (exact) mass is 318 g/mol. The smallest absolute Gasteiger partial charge is 0.276 e. The predicted molar refractivity (Wildman–Crippen MR) is 87.3 cm³/mol. The predicted octanol–water partition coefficient (Wildman–Crippen LogP) is 3.31. The number of carbonyl (C=O) groups excluding carboxylic acids is 1. The highest BCUT2D eigenvalue weighted by Gasteiger charge is 2.14. The van der Waals surface area contributed by atoms with Gasteiger partial charge in [-0.2, -0.15) is 5.10 Å². The third-order valence-electron chi connectivity index (χ3n) is 3.03. The van der Waals surface area contributed by atoms with Crippen molar-refractivity contribution in [2.24, 2.45) is 7.05 Å². The molecule has 108 valence electrons. The molecule has 0 aliphatic heterocycles. The Morgan fingerprint density at radius 3 is 2.90 bits per heavy atom. The zero-order valence-corrected chi connectivity index (χ0v) is 13.5. The van der Waals surface area contributed by atoms with Crippen LogP contribution in [0.4, 0.5) is 5.69 Å².